The molecule has 6 heteroatoms. The molecule has 1 N–H and O–H groups in total. The molecule has 3 rings (SSSR count). The Bertz CT molecular complexity index is 1210. The van der Waals surface area contributed by atoms with Gasteiger partial charge in [0, 0.05) is 17.3 Å². The molecule has 0 fully saturated rings. The molecule has 1 heterocycles. The average Bonchev–Trinajstić information content (AvgIpc) is 3.28. The van der Waals surface area contributed by atoms with E-state index in [9.17, 15) is 14.9 Å². The van der Waals surface area contributed by atoms with Crippen molar-refractivity contribution in [3.05, 3.63) is 82.6 Å². The minimum absolute atomic E-state index is 0.0685. The van der Waals surface area contributed by atoms with Crippen molar-refractivity contribution in [3.8, 4) is 17.4 Å². The van der Waals surface area contributed by atoms with Crippen LogP contribution < -0.4 is 5.32 Å². The van der Waals surface area contributed by atoms with Crippen LogP contribution in [0, 0.1) is 25.2 Å². The van der Waals surface area contributed by atoms with Gasteiger partial charge in [0.2, 0.25) is 0 Å². The molecule has 0 atom stereocenters. The number of nitrogens with zero attached hydrogens (tertiary/aromatic N) is 1. The highest BCUT2D eigenvalue weighted by atomic mass is 16.5. The summed E-state index contributed by atoms with van der Waals surface area (Å²) in [5.41, 5.74) is 3.82. The van der Waals surface area contributed by atoms with Gasteiger partial charge >= 0.3 is 5.97 Å². The van der Waals surface area contributed by atoms with Gasteiger partial charge in [-0.15, -0.1) is 0 Å². The van der Waals surface area contributed by atoms with Gasteiger partial charge in [0.1, 0.15) is 23.2 Å². The van der Waals surface area contributed by atoms with Crippen LogP contribution in [0.15, 0.2) is 64.6 Å². The van der Waals surface area contributed by atoms with Gasteiger partial charge in [0.05, 0.1) is 12.2 Å². The van der Waals surface area contributed by atoms with E-state index in [1.807, 2.05) is 45.0 Å². The number of carbonyl (C=O) groups is 2. The summed E-state index contributed by atoms with van der Waals surface area (Å²) >= 11 is 0. The molecular formula is C27H26N2O4. The van der Waals surface area contributed by atoms with Crippen LogP contribution >= 0.6 is 0 Å². The molecule has 1 amide bonds. The number of unbranched alkanes of at least 4 members (excludes halogenated alkanes) is 1. The van der Waals surface area contributed by atoms with Crippen molar-refractivity contribution < 1.29 is 18.7 Å². The van der Waals surface area contributed by atoms with Crippen molar-refractivity contribution in [2.75, 3.05) is 11.9 Å². The Kier molecular flexibility index (Phi) is 7.82. The largest absolute Gasteiger partial charge is 0.462 e. The molecule has 3 aromatic rings. The van der Waals surface area contributed by atoms with Crippen molar-refractivity contribution in [1.29, 1.82) is 5.26 Å². The maximum Gasteiger partial charge on any atom is 0.338 e. The number of furan rings is 1. The second-order valence-electron chi connectivity index (χ2n) is 7.71. The molecule has 168 valence electrons. The Morgan fingerprint density at radius 1 is 1.09 bits per heavy atom. The Morgan fingerprint density at radius 3 is 2.52 bits per heavy atom. The molecule has 0 saturated heterocycles. The zero-order valence-electron chi connectivity index (χ0n) is 19.0. The smallest absolute Gasteiger partial charge is 0.338 e. The number of benzene rings is 2. The first-order valence-electron chi connectivity index (χ1n) is 10.8. The first-order valence-corrected chi connectivity index (χ1v) is 10.8. The molecule has 0 unspecified atom stereocenters. The molecule has 0 bridgehead atoms. The van der Waals surface area contributed by atoms with Crippen LogP contribution in [-0.2, 0) is 9.53 Å². The lowest BCUT2D eigenvalue weighted by Crippen LogP contribution is -2.14. The first-order chi connectivity index (χ1) is 15.9. The Labute approximate surface area is 193 Å². The van der Waals surface area contributed by atoms with Gasteiger partial charge in [-0.3, -0.25) is 4.79 Å². The molecule has 0 aliphatic heterocycles. The zero-order valence-corrected chi connectivity index (χ0v) is 19.0. The Balaban J connectivity index is 1.71. The van der Waals surface area contributed by atoms with Crippen molar-refractivity contribution in [1.82, 2.24) is 0 Å². The number of hydrogen-bond donors (Lipinski definition) is 1. The number of anilines is 1. The lowest BCUT2D eigenvalue weighted by Gasteiger charge is -2.08. The highest BCUT2D eigenvalue weighted by Gasteiger charge is 2.13. The van der Waals surface area contributed by atoms with Gasteiger partial charge in [-0.25, -0.2) is 4.79 Å². The molecule has 0 saturated carbocycles. The number of amides is 1. The van der Waals surface area contributed by atoms with E-state index in [4.69, 9.17) is 9.15 Å². The normalized spacial score (nSPS) is 11.0. The van der Waals surface area contributed by atoms with Crippen LogP contribution in [0.3, 0.4) is 0 Å². The van der Waals surface area contributed by atoms with Crippen LogP contribution in [0.25, 0.3) is 17.4 Å². The van der Waals surface area contributed by atoms with Crippen molar-refractivity contribution >= 4 is 23.6 Å². The Morgan fingerprint density at radius 2 is 1.85 bits per heavy atom. The summed E-state index contributed by atoms with van der Waals surface area (Å²) in [7, 11) is 0. The second-order valence-corrected chi connectivity index (χ2v) is 7.71. The molecule has 0 radical (unpaired) electrons. The van der Waals surface area contributed by atoms with Crippen molar-refractivity contribution in [3.63, 3.8) is 0 Å². The minimum atomic E-state index is -0.506. The van der Waals surface area contributed by atoms with Gasteiger partial charge in [-0.1, -0.05) is 43.2 Å². The monoisotopic (exact) mass is 442 g/mol. The summed E-state index contributed by atoms with van der Waals surface area (Å²) in [5.74, 6) is 0.0690. The number of carbonyl (C=O) groups excluding carboxylic acids is 2. The molecule has 33 heavy (non-hydrogen) atoms. The maximum atomic E-state index is 12.6. The lowest BCUT2D eigenvalue weighted by atomic mass is 10.1. The van der Waals surface area contributed by atoms with E-state index in [0.29, 0.717) is 29.4 Å². The summed E-state index contributed by atoms with van der Waals surface area (Å²) in [6, 6.07) is 17.9. The van der Waals surface area contributed by atoms with E-state index >= 15 is 0 Å². The Hall–Kier alpha value is -4.11. The molecule has 0 aliphatic carbocycles. The fourth-order valence-electron chi connectivity index (χ4n) is 3.18. The summed E-state index contributed by atoms with van der Waals surface area (Å²) in [6.07, 6.45) is 3.20. The van der Waals surface area contributed by atoms with Crippen molar-refractivity contribution in [2.24, 2.45) is 0 Å². The van der Waals surface area contributed by atoms with Crippen molar-refractivity contribution in [2.45, 2.75) is 33.6 Å². The quantitative estimate of drug-likeness (QED) is 0.198. The summed E-state index contributed by atoms with van der Waals surface area (Å²) in [6.45, 7) is 6.31. The van der Waals surface area contributed by atoms with E-state index in [1.165, 1.54) is 6.08 Å². The van der Waals surface area contributed by atoms with Gasteiger partial charge in [-0.05, 0) is 56.2 Å². The number of esters is 1. The number of rotatable bonds is 8. The topological polar surface area (TPSA) is 92.3 Å². The van der Waals surface area contributed by atoms with Crippen LogP contribution in [0.2, 0.25) is 0 Å². The number of ether oxygens (including phenoxy) is 1. The second kappa shape index (κ2) is 11.0. The van der Waals surface area contributed by atoms with Gasteiger partial charge in [0.15, 0.2) is 0 Å². The predicted octanol–water partition coefficient (Wildman–Crippen LogP) is 6.07. The zero-order chi connectivity index (χ0) is 23.8. The van der Waals surface area contributed by atoms with Gasteiger partial charge in [0.25, 0.3) is 5.91 Å². The van der Waals surface area contributed by atoms with E-state index in [1.54, 1.807) is 36.4 Å². The summed E-state index contributed by atoms with van der Waals surface area (Å²) in [5, 5.41) is 12.2. The molecular weight excluding hydrogens is 416 g/mol. The number of nitriles is 1. The standard InChI is InChI=1S/C27H26N2O4/c1-4-5-14-32-27(31)21-9-7-20(8-10-21)25-13-11-23(33-25)16-22(17-28)26(30)29-24-12-6-18(2)15-19(24)3/h6-13,15-16H,4-5,14H2,1-3H3,(H,29,30)/b22-16+. The maximum absolute atomic E-state index is 12.6. The third-order valence-corrected chi connectivity index (χ3v) is 5.04. The van der Waals surface area contributed by atoms with E-state index in [0.717, 1.165) is 29.5 Å². The van der Waals surface area contributed by atoms with E-state index in [2.05, 4.69) is 5.32 Å². The molecule has 0 spiro atoms. The lowest BCUT2D eigenvalue weighted by molar-refractivity contribution is -0.112. The fourth-order valence-corrected chi connectivity index (χ4v) is 3.18. The number of nitrogens with one attached hydrogen (secondary N) is 1. The van der Waals surface area contributed by atoms with Crippen LogP contribution in [0.5, 0.6) is 0 Å². The third-order valence-electron chi connectivity index (χ3n) is 5.04. The minimum Gasteiger partial charge on any atom is -0.462 e. The highest BCUT2D eigenvalue weighted by Crippen LogP contribution is 2.24. The van der Waals surface area contributed by atoms with Crippen LogP contribution in [-0.4, -0.2) is 18.5 Å². The third kappa shape index (κ3) is 6.20. The fraction of sp³-hybridized carbons (Fsp3) is 0.222. The summed E-state index contributed by atoms with van der Waals surface area (Å²) in [4.78, 5) is 24.6. The predicted molar refractivity (Wildman–Crippen MR) is 127 cm³/mol. The highest BCUT2D eigenvalue weighted by molar-refractivity contribution is 6.09. The average molecular weight is 443 g/mol. The van der Waals surface area contributed by atoms with Gasteiger partial charge < -0.3 is 14.5 Å². The number of hydrogen-bond acceptors (Lipinski definition) is 5. The molecule has 2 aromatic carbocycles. The van der Waals surface area contributed by atoms with E-state index < -0.39 is 5.91 Å². The van der Waals surface area contributed by atoms with E-state index in [-0.39, 0.29) is 11.5 Å². The molecule has 6 nitrogen and oxygen atoms in total. The SMILES string of the molecule is CCCCOC(=O)c1ccc(-c2ccc(/C=C(\C#N)C(=O)Nc3ccc(C)cc3C)o2)cc1. The van der Waals surface area contributed by atoms with Gasteiger partial charge in [-0.2, -0.15) is 5.26 Å². The first kappa shape index (κ1) is 23.6. The number of aryl methyl sites for hydroxylation is 2. The molecule has 1 aromatic heterocycles. The van der Waals surface area contributed by atoms with Crippen LogP contribution in [0.1, 0.15) is 47.0 Å². The molecule has 0 aliphatic rings. The van der Waals surface area contributed by atoms with Crippen LogP contribution in [0.4, 0.5) is 5.69 Å². The summed E-state index contributed by atoms with van der Waals surface area (Å²) < 4.78 is 11.0.